The van der Waals surface area contributed by atoms with Crippen LogP contribution in [0.3, 0.4) is 0 Å². The molecular weight excluding hydrogens is 350 g/mol. The van der Waals surface area contributed by atoms with Crippen molar-refractivity contribution in [3.8, 4) is 5.75 Å². The van der Waals surface area contributed by atoms with Crippen LogP contribution in [-0.2, 0) is 6.42 Å². The molecular formula is C23H25N3O2. The summed E-state index contributed by atoms with van der Waals surface area (Å²) in [7, 11) is 1.66. The Morgan fingerprint density at radius 1 is 1.00 bits per heavy atom. The summed E-state index contributed by atoms with van der Waals surface area (Å²) in [6.07, 6.45) is 4.14. The third-order valence-corrected chi connectivity index (χ3v) is 4.64. The predicted octanol–water partition coefficient (Wildman–Crippen LogP) is 4.61. The van der Waals surface area contributed by atoms with Gasteiger partial charge in [-0.05, 0) is 67.3 Å². The van der Waals surface area contributed by atoms with Crippen molar-refractivity contribution in [3.63, 3.8) is 0 Å². The number of pyridine rings is 1. The summed E-state index contributed by atoms with van der Waals surface area (Å²) in [5, 5.41) is 6.25. The van der Waals surface area contributed by atoms with E-state index in [1.807, 2.05) is 56.3 Å². The standard InChI is InChI=1S/C23H25N3O2/c1-16-7-8-20(11-17(16)2)26-23(27)19-13-21(15-24-14-19)25-10-9-18-5-4-6-22(12-18)28-3/h4-8,11-15,25H,9-10H2,1-3H3,(H,26,27). The highest BCUT2D eigenvalue weighted by Gasteiger charge is 2.08. The summed E-state index contributed by atoms with van der Waals surface area (Å²) in [5.41, 5.74) is 5.64. The van der Waals surface area contributed by atoms with Crippen molar-refractivity contribution in [2.45, 2.75) is 20.3 Å². The molecule has 0 aliphatic heterocycles. The van der Waals surface area contributed by atoms with Crippen molar-refractivity contribution < 1.29 is 9.53 Å². The Morgan fingerprint density at radius 2 is 1.86 bits per heavy atom. The smallest absolute Gasteiger partial charge is 0.257 e. The molecule has 5 heteroatoms. The lowest BCUT2D eigenvalue weighted by atomic mass is 10.1. The number of carbonyl (C=O) groups excluding carboxylic acids is 1. The Labute approximate surface area is 165 Å². The second-order valence-electron chi connectivity index (χ2n) is 6.74. The summed E-state index contributed by atoms with van der Waals surface area (Å²) in [5.74, 6) is 0.677. The van der Waals surface area contributed by atoms with Gasteiger partial charge in [0.15, 0.2) is 0 Å². The lowest BCUT2D eigenvalue weighted by Crippen LogP contribution is -2.13. The van der Waals surface area contributed by atoms with Gasteiger partial charge >= 0.3 is 0 Å². The van der Waals surface area contributed by atoms with Crippen molar-refractivity contribution in [2.75, 3.05) is 24.3 Å². The van der Waals surface area contributed by atoms with Crippen LogP contribution in [0, 0.1) is 13.8 Å². The molecule has 0 spiro atoms. The molecule has 0 bridgehead atoms. The highest BCUT2D eigenvalue weighted by Crippen LogP contribution is 2.17. The number of amides is 1. The summed E-state index contributed by atoms with van der Waals surface area (Å²) in [6.45, 7) is 4.81. The van der Waals surface area contributed by atoms with Crippen LogP contribution in [0.1, 0.15) is 27.0 Å². The van der Waals surface area contributed by atoms with Crippen molar-refractivity contribution in [1.29, 1.82) is 0 Å². The third-order valence-electron chi connectivity index (χ3n) is 4.64. The minimum atomic E-state index is -0.174. The van der Waals surface area contributed by atoms with Gasteiger partial charge in [-0.2, -0.15) is 0 Å². The molecule has 0 saturated carbocycles. The molecule has 3 aromatic rings. The first-order valence-corrected chi connectivity index (χ1v) is 9.25. The van der Waals surface area contributed by atoms with Crippen LogP contribution in [0.25, 0.3) is 0 Å². The Morgan fingerprint density at radius 3 is 2.64 bits per heavy atom. The molecule has 28 heavy (non-hydrogen) atoms. The molecule has 0 unspecified atom stereocenters. The van der Waals surface area contributed by atoms with E-state index in [1.165, 1.54) is 11.1 Å². The van der Waals surface area contributed by atoms with Crippen LogP contribution in [-0.4, -0.2) is 24.5 Å². The van der Waals surface area contributed by atoms with Gasteiger partial charge in [-0.1, -0.05) is 18.2 Å². The molecule has 144 valence electrons. The second-order valence-corrected chi connectivity index (χ2v) is 6.74. The molecule has 3 rings (SSSR count). The normalized spacial score (nSPS) is 10.4. The zero-order valence-corrected chi connectivity index (χ0v) is 16.5. The molecule has 2 aromatic carbocycles. The predicted molar refractivity (Wildman–Crippen MR) is 113 cm³/mol. The van der Waals surface area contributed by atoms with Gasteiger partial charge in [-0.3, -0.25) is 9.78 Å². The molecule has 2 N–H and O–H groups in total. The third kappa shape index (κ3) is 5.10. The fourth-order valence-corrected chi connectivity index (χ4v) is 2.86. The molecule has 0 atom stereocenters. The number of carbonyl (C=O) groups is 1. The average Bonchev–Trinajstić information content (AvgIpc) is 2.71. The number of nitrogens with one attached hydrogen (secondary N) is 2. The lowest BCUT2D eigenvalue weighted by Gasteiger charge is -2.10. The van der Waals surface area contributed by atoms with Crippen LogP contribution in [0.4, 0.5) is 11.4 Å². The maximum atomic E-state index is 12.5. The largest absolute Gasteiger partial charge is 0.497 e. The summed E-state index contributed by atoms with van der Waals surface area (Å²) in [4.78, 5) is 16.7. The average molecular weight is 375 g/mol. The van der Waals surface area contributed by atoms with E-state index < -0.39 is 0 Å². The minimum Gasteiger partial charge on any atom is -0.497 e. The molecule has 5 nitrogen and oxygen atoms in total. The number of methoxy groups -OCH3 is 1. The molecule has 1 amide bonds. The van der Waals surface area contributed by atoms with Gasteiger partial charge in [0, 0.05) is 24.6 Å². The molecule has 0 aliphatic carbocycles. The quantitative estimate of drug-likeness (QED) is 0.633. The van der Waals surface area contributed by atoms with Gasteiger partial charge in [0.05, 0.1) is 18.4 Å². The molecule has 1 heterocycles. The van der Waals surface area contributed by atoms with Crippen LogP contribution in [0.5, 0.6) is 5.75 Å². The van der Waals surface area contributed by atoms with E-state index in [2.05, 4.69) is 21.7 Å². The first-order chi connectivity index (χ1) is 13.5. The Hall–Kier alpha value is -3.34. The summed E-state index contributed by atoms with van der Waals surface area (Å²) in [6, 6.07) is 15.7. The number of hydrogen-bond donors (Lipinski definition) is 2. The zero-order chi connectivity index (χ0) is 19.9. The van der Waals surface area contributed by atoms with E-state index in [0.717, 1.165) is 35.7 Å². The molecule has 0 saturated heterocycles. The van der Waals surface area contributed by atoms with E-state index in [0.29, 0.717) is 5.56 Å². The number of aromatic nitrogens is 1. The number of rotatable bonds is 7. The number of benzene rings is 2. The molecule has 0 aliphatic rings. The van der Waals surface area contributed by atoms with Crippen molar-refractivity contribution in [3.05, 3.63) is 83.2 Å². The summed E-state index contributed by atoms with van der Waals surface area (Å²) >= 11 is 0. The Balaban J connectivity index is 1.59. The fraction of sp³-hybridized carbons (Fsp3) is 0.217. The number of aryl methyl sites for hydroxylation is 2. The number of anilines is 2. The maximum Gasteiger partial charge on any atom is 0.257 e. The number of hydrogen-bond acceptors (Lipinski definition) is 4. The van der Waals surface area contributed by atoms with E-state index in [9.17, 15) is 4.79 Å². The molecule has 0 radical (unpaired) electrons. The first kappa shape index (κ1) is 19.4. The van der Waals surface area contributed by atoms with Crippen LogP contribution in [0.15, 0.2) is 60.9 Å². The highest BCUT2D eigenvalue weighted by atomic mass is 16.5. The van der Waals surface area contributed by atoms with Crippen molar-refractivity contribution in [2.24, 2.45) is 0 Å². The van der Waals surface area contributed by atoms with E-state index in [1.54, 1.807) is 19.5 Å². The van der Waals surface area contributed by atoms with Gasteiger partial charge in [0.1, 0.15) is 5.75 Å². The Bertz CT molecular complexity index is 970. The number of nitrogens with zero attached hydrogens (tertiary/aromatic N) is 1. The zero-order valence-electron chi connectivity index (χ0n) is 16.5. The van der Waals surface area contributed by atoms with E-state index in [4.69, 9.17) is 4.74 Å². The topological polar surface area (TPSA) is 63.2 Å². The van der Waals surface area contributed by atoms with Crippen LogP contribution >= 0.6 is 0 Å². The van der Waals surface area contributed by atoms with Gasteiger partial charge < -0.3 is 15.4 Å². The highest BCUT2D eigenvalue weighted by molar-refractivity contribution is 6.04. The van der Waals surface area contributed by atoms with Gasteiger partial charge in [0.25, 0.3) is 5.91 Å². The van der Waals surface area contributed by atoms with Crippen LogP contribution in [0.2, 0.25) is 0 Å². The van der Waals surface area contributed by atoms with Gasteiger partial charge in [-0.15, -0.1) is 0 Å². The Kier molecular flexibility index (Phi) is 6.27. The lowest BCUT2D eigenvalue weighted by molar-refractivity contribution is 0.102. The fourth-order valence-electron chi connectivity index (χ4n) is 2.86. The van der Waals surface area contributed by atoms with Crippen molar-refractivity contribution in [1.82, 2.24) is 4.98 Å². The number of ether oxygens (including phenoxy) is 1. The SMILES string of the molecule is COc1cccc(CCNc2cncc(C(=O)Nc3ccc(C)c(C)c3)c2)c1. The van der Waals surface area contributed by atoms with Crippen molar-refractivity contribution >= 4 is 17.3 Å². The monoisotopic (exact) mass is 375 g/mol. The summed E-state index contributed by atoms with van der Waals surface area (Å²) < 4.78 is 5.25. The van der Waals surface area contributed by atoms with E-state index >= 15 is 0 Å². The first-order valence-electron chi connectivity index (χ1n) is 9.25. The minimum absolute atomic E-state index is 0.174. The maximum absolute atomic E-state index is 12.5. The molecule has 0 fully saturated rings. The van der Waals surface area contributed by atoms with Gasteiger partial charge in [-0.25, -0.2) is 0 Å². The van der Waals surface area contributed by atoms with Crippen LogP contribution < -0.4 is 15.4 Å². The second kappa shape index (κ2) is 9.04. The van der Waals surface area contributed by atoms with Gasteiger partial charge in [0.2, 0.25) is 0 Å². The molecule has 1 aromatic heterocycles. The van der Waals surface area contributed by atoms with E-state index in [-0.39, 0.29) is 5.91 Å².